The first-order valence-corrected chi connectivity index (χ1v) is 5.80. The minimum absolute atomic E-state index is 0.278. The number of benzene rings is 1. The van der Waals surface area contributed by atoms with Crippen LogP contribution in [0.5, 0.6) is 0 Å². The number of carbonyl (C=O) groups is 1. The van der Waals surface area contributed by atoms with Gasteiger partial charge in [0.2, 0.25) is 0 Å². The van der Waals surface area contributed by atoms with Gasteiger partial charge in [-0.05, 0) is 25.8 Å². The van der Waals surface area contributed by atoms with E-state index in [1.54, 1.807) is 0 Å². The van der Waals surface area contributed by atoms with Gasteiger partial charge in [0.25, 0.3) is 0 Å². The summed E-state index contributed by atoms with van der Waals surface area (Å²) in [6.07, 6.45) is 1.92. The number of rotatable bonds is 5. The fourth-order valence-corrected chi connectivity index (χ4v) is 1.88. The van der Waals surface area contributed by atoms with Crippen molar-refractivity contribution in [2.24, 2.45) is 0 Å². The van der Waals surface area contributed by atoms with Gasteiger partial charge in [-0.3, -0.25) is 4.79 Å². The molecule has 1 aromatic carbocycles. The van der Waals surface area contributed by atoms with E-state index in [1.807, 2.05) is 0 Å². The average Bonchev–Trinajstić information content (AvgIpc) is 2.13. The smallest absolute Gasteiger partial charge is 0.137 e. The van der Waals surface area contributed by atoms with Crippen LogP contribution in [0.3, 0.4) is 0 Å². The highest BCUT2D eigenvalue weighted by Gasteiger charge is 2.04. The Hall–Kier alpha value is -0.820. The molecule has 0 aliphatic carbocycles. The van der Waals surface area contributed by atoms with Crippen LogP contribution >= 0.6 is 11.6 Å². The molecule has 0 radical (unpaired) electrons. The molecule has 0 aromatic heterocycles. The Morgan fingerprint density at radius 1 is 1.20 bits per heavy atom. The number of halogens is 1. The van der Waals surface area contributed by atoms with Gasteiger partial charge in [-0.1, -0.05) is 29.3 Å². The highest BCUT2D eigenvalue weighted by molar-refractivity contribution is 6.17. The van der Waals surface area contributed by atoms with E-state index in [0.717, 1.165) is 12.0 Å². The molecule has 1 rings (SSSR count). The minimum Gasteiger partial charge on any atom is -0.299 e. The molecule has 0 aliphatic heterocycles. The second-order valence-corrected chi connectivity index (χ2v) is 4.38. The first-order valence-electron chi connectivity index (χ1n) is 5.26. The van der Waals surface area contributed by atoms with Gasteiger partial charge in [-0.25, -0.2) is 0 Å². The lowest BCUT2D eigenvalue weighted by Crippen LogP contribution is -2.03. The Morgan fingerprint density at radius 3 is 2.33 bits per heavy atom. The molecule has 15 heavy (non-hydrogen) atoms. The maximum absolute atomic E-state index is 11.5. The molecule has 0 atom stereocenters. The Morgan fingerprint density at radius 2 is 1.80 bits per heavy atom. The molecule has 0 amide bonds. The topological polar surface area (TPSA) is 17.1 Å². The predicted molar refractivity (Wildman–Crippen MR) is 64.6 cm³/mol. The fraction of sp³-hybridized carbons (Fsp3) is 0.462. The summed E-state index contributed by atoms with van der Waals surface area (Å²) in [5, 5.41) is 0. The predicted octanol–water partition coefficient (Wildman–Crippen LogP) is 3.43. The quantitative estimate of drug-likeness (QED) is 0.701. The Bertz CT molecular complexity index is 324. The summed E-state index contributed by atoms with van der Waals surface area (Å²) in [5.74, 6) is 0.846. The number of carbonyl (C=O) groups excluding carboxylic acids is 1. The third kappa shape index (κ3) is 4.48. The summed E-state index contributed by atoms with van der Waals surface area (Å²) in [5.41, 5.74) is 3.55. The van der Waals surface area contributed by atoms with Gasteiger partial charge < -0.3 is 0 Å². The molecule has 0 fully saturated rings. The van der Waals surface area contributed by atoms with E-state index in [-0.39, 0.29) is 5.78 Å². The van der Waals surface area contributed by atoms with Crippen molar-refractivity contribution in [1.82, 2.24) is 0 Å². The lowest BCUT2D eigenvalue weighted by atomic mass is 10.0. The van der Waals surface area contributed by atoms with Crippen LogP contribution in [0.25, 0.3) is 0 Å². The van der Waals surface area contributed by atoms with Crippen LogP contribution in [0.4, 0.5) is 0 Å². The van der Waals surface area contributed by atoms with Crippen LogP contribution in [0.2, 0.25) is 0 Å². The maximum atomic E-state index is 11.5. The summed E-state index contributed by atoms with van der Waals surface area (Å²) >= 11 is 5.55. The molecular weight excluding hydrogens is 208 g/mol. The number of alkyl halides is 1. The van der Waals surface area contributed by atoms with Crippen molar-refractivity contribution >= 4 is 17.4 Å². The van der Waals surface area contributed by atoms with E-state index >= 15 is 0 Å². The van der Waals surface area contributed by atoms with Crippen LogP contribution in [0.15, 0.2) is 18.2 Å². The third-order valence-electron chi connectivity index (χ3n) is 2.27. The van der Waals surface area contributed by atoms with Crippen LogP contribution < -0.4 is 0 Å². The lowest BCUT2D eigenvalue weighted by Gasteiger charge is -2.04. The van der Waals surface area contributed by atoms with E-state index in [4.69, 9.17) is 11.6 Å². The van der Waals surface area contributed by atoms with E-state index < -0.39 is 0 Å². The number of aryl methyl sites for hydroxylation is 2. The number of ketones is 1. The van der Waals surface area contributed by atoms with E-state index in [1.165, 1.54) is 11.1 Å². The van der Waals surface area contributed by atoms with Crippen molar-refractivity contribution in [2.45, 2.75) is 33.1 Å². The zero-order chi connectivity index (χ0) is 11.3. The summed E-state index contributed by atoms with van der Waals surface area (Å²) in [7, 11) is 0. The van der Waals surface area contributed by atoms with Crippen molar-refractivity contribution in [3.8, 4) is 0 Å². The number of hydrogen-bond donors (Lipinski definition) is 0. The van der Waals surface area contributed by atoms with Crippen LogP contribution in [0.1, 0.15) is 29.5 Å². The average molecular weight is 225 g/mol. The van der Waals surface area contributed by atoms with Crippen molar-refractivity contribution < 1.29 is 4.79 Å². The van der Waals surface area contributed by atoms with Gasteiger partial charge in [-0.2, -0.15) is 0 Å². The highest BCUT2D eigenvalue weighted by Crippen LogP contribution is 2.10. The first kappa shape index (κ1) is 12.3. The highest BCUT2D eigenvalue weighted by atomic mass is 35.5. The van der Waals surface area contributed by atoms with Crippen LogP contribution in [-0.2, 0) is 11.2 Å². The van der Waals surface area contributed by atoms with Gasteiger partial charge in [0, 0.05) is 18.7 Å². The molecule has 0 heterocycles. The van der Waals surface area contributed by atoms with Crippen molar-refractivity contribution in [2.75, 3.05) is 5.88 Å². The maximum Gasteiger partial charge on any atom is 0.137 e. The lowest BCUT2D eigenvalue weighted by molar-refractivity contribution is -0.118. The summed E-state index contributed by atoms with van der Waals surface area (Å²) in [6, 6.07) is 6.27. The normalized spacial score (nSPS) is 10.3. The van der Waals surface area contributed by atoms with Gasteiger partial charge in [0.15, 0.2) is 0 Å². The molecule has 0 saturated carbocycles. The molecule has 0 unspecified atom stereocenters. The molecular formula is C13H17ClO. The molecule has 0 N–H and O–H groups in total. The van der Waals surface area contributed by atoms with E-state index in [9.17, 15) is 4.79 Å². The van der Waals surface area contributed by atoms with Crippen LogP contribution in [0, 0.1) is 13.8 Å². The van der Waals surface area contributed by atoms with Crippen LogP contribution in [-0.4, -0.2) is 11.7 Å². The number of hydrogen-bond acceptors (Lipinski definition) is 1. The van der Waals surface area contributed by atoms with Crippen molar-refractivity contribution in [1.29, 1.82) is 0 Å². The van der Waals surface area contributed by atoms with Gasteiger partial charge in [0.05, 0.1) is 0 Å². The van der Waals surface area contributed by atoms with E-state index in [2.05, 4.69) is 32.0 Å². The Labute approximate surface area is 96.5 Å². The van der Waals surface area contributed by atoms with Gasteiger partial charge in [-0.15, -0.1) is 11.6 Å². The molecule has 1 nitrogen and oxygen atoms in total. The minimum atomic E-state index is 0.278. The second-order valence-electron chi connectivity index (χ2n) is 4.00. The first-order chi connectivity index (χ1) is 7.11. The Kier molecular flexibility index (Phi) is 4.83. The number of Topliss-reactive ketones (excluding diaryl/α,β-unsaturated/α-hetero) is 1. The summed E-state index contributed by atoms with van der Waals surface area (Å²) in [4.78, 5) is 11.5. The monoisotopic (exact) mass is 224 g/mol. The molecule has 0 bridgehead atoms. The Balaban J connectivity index is 2.60. The third-order valence-corrected chi connectivity index (χ3v) is 2.54. The molecule has 82 valence electrons. The fourth-order valence-electron chi connectivity index (χ4n) is 1.75. The van der Waals surface area contributed by atoms with E-state index in [0.29, 0.717) is 18.7 Å². The van der Waals surface area contributed by atoms with Gasteiger partial charge >= 0.3 is 0 Å². The van der Waals surface area contributed by atoms with Crippen molar-refractivity contribution in [3.05, 3.63) is 34.9 Å². The molecule has 2 heteroatoms. The summed E-state index contributed by atoms with van der Waals surface area (Å²) < 4.78 is 0. The van der Waals surface area contributed by atoms with Crippen molar-refractivity contribution in [3.63, 3.8) is 0 Å². The largest absolute Gasteiger partial charge is 0.299 e. The SMILES string of the molecule is Cc1cc(C)cc(CC(=O)CCCCl)c1. The standard InChI is InChI=1S/C13H17ClO/c1-10-6-11(2)8-12(7-10)9-13(15)4-3-5-14/h6-8H,3-5,9H2,1-2H3. The zero-order valence-corrected chi connectivity index (χ0v) is 10.1. The molecule has 0 spiro atoms. The second kappa shape index (κ2) is 5.92. The zero-order valence-electron chi connectivity index (χ0n) is 9.35. The van der Waals surface area contributed by atoms with Gasteiger partial charge in [0.1, 0.15) is 5.78 Å². The summed E-state index contributed by atoms with van der Waals surface area (Å²) in [6.45, 7) is 4.11. The molecule has 0 aliphatic rings. The molecule has 0 saturated heterocycles. The molecule has 1 aromatic rings.